The normalized spacial score (nSPS) is 13.9. The second-order valence-electron chi connectivity index (χ2n) is 5.70. The molecule has 0 aliphatic rings. The highest BCUT2D eigenvalue weighted by atomic mass is 79.9. The first-order valence-corrected chi connectivity index (χ1v) is 8.10. The summed E-state index contributed by atoms with van der Waals surface area (Å²) in [6.07, 6.45) is 0.407. The third-order valence-electron chi connectivity index (χ3n) is 3.16. The lowest BCUT2D eigenvalue weighted by molar-refractivity contribution is -0.127. The molecule has 2 atom stereocenters. The summed E-state index contributed by atoms with van der Waals surface area (Å²) < 4.78 is 6.68. The van der Waals surface area contributed by atoms with E-state index in [2.05, 4.69) is 35.1 Å². The molecular weight excluding hydrogens is 332 g/mol. The molecule has 0 heterocycles. The van der Waals surface area contributed by atoms with Gasteiger partial charge >= 0.3 is 0 Å². The standard InChI is InChI=1S/C16H25BrN2O2/c1-10(2)7-8-19-16(20)12(4)21-15-9-13(17)5-6-14(15)11(3)18/h5-6,9-12H,7-8,18H2,1-4H3,(H,19,20). The SMILES string of the molecule is CC(C)CCNC(=O)C(C)Oc1cc(Br)ccc1C(C)N. The highest BCUT2D eigenvalue weighted by Gasteiger charge is 2.17. The Morgan fingerprint density at radius 2 is 2.00 bits per heavy atom. The smallest absolute Gasteiger partial charge is 0.260 e. The lowest BCUT2D eigenvalue weighted by Crippen LogP contribution is -2.37. The first kappa shape index (κ1) is 18.0. The predicted octanol–water partition coefficient (Wildman–Crippen LogP) is 3.40. The Kier molecular flexibility index (Phi) is 7.18. The maximum Gasteiger partial charge on any atom is 0.260 e. The number of nitrogens with one attached hydrogen (secondary N) is 1. The van der Waals surface area contributed by atoms with Crippen molar-refractivity contribution in [2.24, 2.45) is 11.7 Å². The third-order valence-corrected chi connectivity index (χ3v) is 3.65. The average Bonchev–Trinajstić information content (AvgIpc) is 2.37. The predicted molar refractivity (Wildman–Crippen MR) is 89.3 cm³/mol. The summed E-state index contributed by atoms with van der Waals surface area (Å²) in [7, 11) is 0. The van der Waals surface area contributed by atoms with E-state index in [1.165, 1.54) is 0 Å². The lowest BCUT2D eigenvalue weighted by atomic mass is 10.1. The second kappa shape index (κ2) is 8.39. The lowest BCUT2D eigenvalue weighted by Gasteiger charge is -2.19. The van der Waals surface area contributed by atoms with Crippen LogP contribution >= 0.6 is 15.9 Å². The summed E-state index contributed by atoms with van der Waals surface area (Å²) in [5, 5.41) is 2.89. The molecule has 0 spiro atoms. The number of carbonyl (C=O) groups is 1. The van der Waals surface area contributed by atoms with E-state index in [0.29, 0.717) is 18.2 Å². The third kappa shape index (κ3) is 6.06. The van der Waals surface area contributed by atoms with Crippen LogP contribution in [0.15, 0.2) is 22.7 Å². The maximum absolute atomic E-state index is 12.0. The zero-order chi connectivity index (χ0) is 16.0. The van der Waals surface area contributed by atoms with Crippen molar-refractivity contribution < 1.29 is 9.53 Å². The number of benzene rings is 1. The summed E-state index contributed by atoms with van der Waals surface area (Å²) in [5.74, 6) is 1.11. The molecule has 0 aliphatic heterocycles. The molecule has 21 heavy (non-hydrogen) atoms. The fourth-order valence-electron chi connectivity index (χ4n) is 1.86. The van der Waals surface area contributed by atoms with Gasteiger partial charge < -0.3 is 15.8 Å². The van der Waals surface area contributed by atoms with Gasteiger partial charge in [-0.25, -0.2) is 0 Å². The zero-order valence-electron chi connectivity index (χ0n) is 13.2. The number of carbonyl (C=O) groups excluding carboxylic acids is 1. The van der Waals surface area contributed by atoms with Crippen LogP contribution in [0.25, 0.3) is 0 Å². The van der Waals surface area contributed by atoms with Gasteiger partial charge in [-0.3, -0.25) is 4.79 Å². The van der Waals surface area contributed by atoms with Crippen molar-refractivity contribution in [2.45, 2.75) is 46.3 Å². The number of hydrogen-bond acceptors (Lipinski definition) is 3. The van der Waals surface area contributed by atoms with Crippen molar-refractivity contribution >= 4 is 21.8 Å². The zero-order valence-corrected chi connectivity index (χ0v) is 14.7. The van der Waals surface area contributed by atoms with E-state index in [1.54, 1.807) is 6.92 Å². The molecule has 3 N–H and O–H groups in total. The number of hydrogen-bond donors (Lipinski definition) is 2. The summed E-state index contributed by atoms with van der Waals surface area (Å²) in [6.45, 7) is 8.56. The minimum absolute atomic E-state index is 0.105. The van der Waals surface area contributed by atoms with Crippen LogP contribution in [0.4, 0.5) is 0 Å². The van der Waals surface area contributed by atoms with Crippen LogP contribution in [-0.2, 0) is 4.79 Å². The largest absolute Gasteiger partial charge is 0.481 e. The first-order chi connectivity index (χ1) is 9.81. The molecule has 0 saturated heterocycles. The van der Waals surface area contributed by atoms with Crippen LogP contribution in [0.1, 0.15) is 45.7 Å². The quantitative estimate of drug-likeness (QED) is 0.786. The minimum atomic E-state index is -0.552. The number of ether oxygens (including phenoxy) is 1. The Morgan fingerprint density at radius 1 is 1.33 bits per heavy atom. The summed E-state index contributed by atoms with van der Waals surface area (Å²) >= 11 is 3.41. The van der Waals surface area contributed by atoms with Crippen molar-refractivity contribution in [2.75, 3.05) is 6.54 Å². The molecule has 118 valence electrons. The van der Waals surface area contributed by atoms with Gasteiger partial charge in [0.15, 0.2) is 6.10 Å². The van der Waals surface area contributed by atoms with Crippen molar-refractivity contribution in [3.8, 4) is 5.75 Å². The molecule has 0 radical (unpaired) electrons. The van der Waals surface area contributed by atoms with E-state index in [9.17, 15) is 4.79 Å². The van der Waals surface area contributed by atoms with Crippen LogP contribution in [0.3, 0.4) is 0 Å². The highest BCUT2D eigenvalue weighted by Crippen LogP contribution is 2.28. The van der Waals surface area contributed by atoms with Crippen LogP contribution in [0.2, 0.25) is 0 Å². The molecule has 0 aromatic heterocycles. The van der Waals surface area contributed by atoms with E-state index in [4.69, 9.17) is 10.5 Å². The monoisotopic (exact) mass is 356 g/mol. The molecule has 1 amide bonds. The molecule has 0 saturated carbocycles. The fourth-order valence-corrected chi connectivity index (χ4v) is 2.20. The van der Waals surface area contributed by atoms with E-state index < -0.39 is 6.10 Å². The Balaban J connectivity index is 2.67. The summed E-state index contributed by atoms with van der Waals surface area (Å²) in [4.78, 5) is 12.0. The van der Waals surface area contributed by atoms with Crippen molar-refractivity contribution in [3.05, 3.63) is 28.2 Å². The van der Waals surface area contributed by atoms with Gasteiger partial charge in [0, 0.05) is 22.6 Å². The average molecular weight is 357 g/mol. The number of nitrogens with two attached hydrogens (primary N) is 1. The molecule has 0 aliphatic carbocycles. The molecule has 1 rings (SSSR count). The number of rotatable bonds is 7. The number of halogens is 1. The van der Waals surface area contributed by atoms with Gasteiger partial charge in [-0.05, 0) is 38.3 Å². The Labute approximate surface area is 135 Å². The summed E-state index contributed by atoms with van der Waals surface area (Å²) in [5.41, 5.74) is 6.82. The molecular formula is C16H25BrN2O2. The molecule has 1 aromatic rings. The van der Waals surface area contributed by atoms with Gasteiger partial charge in [-0.1, -0.05) is 35.8 Å². The van der Waals surface area contributed by atoms with E-state index in [1.807, 2.05) is 25.1 Å². The van der Waals surface area contributed by atoms with Gasteiger partial charge in [0.1, 0.15) is 5.75 Å². The van der Waals surface area contributed by atoms with Gasteiger partial charge in [-0.2, -0.15) is 0 Å². The topological polar surface area (TPSA) is 64.3 Å². The molecule has 2 unspecified atom stereocenters. The molecule has 0 bridgehead atoms. The summed E-state index contributed by atoms with van der Waals surface area (Å²) in [6, 6.07) is 5.52. The molecule has 5 heteroatoms. The van der Waals surface area contributed by atoms with Crippen molar-refractivity contribution in [3.63, 3.8) is 0 Å². The van der Waals surface area contributed by atoms with Gasteiger partial charge in [0.2, 0.25) is 0 Å². The Morgan fingerprint density at radius 3 is 2.57 bits per heavy atom. The van der Waals surface area contributed by atoms with Crippen LogP contribution in [0, 0.1) is 5.92 Å². The van der Waals surface area contributed by atoms with E-state index in [0.717, 1.165) is 16.5 Å². The Bertz CT molecular complexity index is 475. The fraction of sp³-hybridized carbons (Fsp3) is 0.562. The molecule has 1 aromatic carbocycles. The Hall–Kier alpha value is -1.07. The van der Waals surface area contributed by atoms with Gasteiger partial charge in [0.05, 0.1) is 0 Å². The number of amides is 1. The van der Waals surface area contributed by atoms with Crippen LogP contribution < -0.4 is 15.8 Å². The van der Waals surface area contributed by atoms with E-state index in [-0.39, 0.29) is 11.9 Å². The van der Waals surface area contributed by atoms with E-state index >= 15 is 0 Å². The van der Waals surface area contributed by atoms with Gasteiger partial charge in [-0.15, -0.1) is 0 Å². The first-order valence-electron chi connectivity index (χ1n) is 7.30. The highest BCUT2D eigenvalue weighted by molar-refractivity contribution is 9.10. The van der Waals surface area contributed by atoms with Crippen LogP contribution in [-0.4, -0.2) is 18.6 Å². The molecule has 0 fully saturated rings. The van der Waals surface area contributed by atoms with Crippen molar-refractivity contribution in [1.82, 2.24) is 5.32 Å². The second-order valence-corrected chi connectivity index (χ2v) is 6.62. The maximum atomic E-state index is 12.0. The van der Waals surface area contributed by atoms with Gasteiger partial charge in [0.25, 0.3) is 5.91 Å². The molecule has 4 nitrogen and oxygen atoms in total. The van der Waals surface area contributed by atoms with Crippen molar-refractivity contribution in [1.29, 1.82) is 0 Å². The van der Waals surface area contributed by atoms with Crippen LogP contribution in [0.5, 0.6) is 5.75 Å². The minimum Gasteiger partial charge on any atom is -0.481 e.